The summed E-state index contributed by atoms with van der Waals surface area (Å²) >= 11 is 0. The molecule has 0 radical (unpaired) electrons. The van der Waals surface area contributed by atoms with E-state index in [1.54, 1.807) is 46.6 Å². The summed E-state index contributed by atoms with van der Waals surface area (Å²) in [5.74, 6) is -1.27. The fraction of sp³-hybridized carbons (Fsp3) is 0.390. The molecule has 3 N–H and O–H groups in total. The zero-order valence-electron chi connectivity index (χ0n) is 32.3. The van der Waals surface area contributed by atoms with Crippen molar-refractivity contribution in [1.82, 2.24) is 29.9 Å². The Morgan fingerprint density at radius 1 is 0.864 bits per heavy atom. The second kappa shape index (κ2) is 18.4. The summed E-state index contributed by atoms with van der Waals surface area (Å²) < 4.78 is 65.2. The number of alkyl halides is 3. The molecule has 0 aliphatic carbocycles. The quantitative estimate of drug-likeness (QED) is 0.0812. The van der Waals surface area contributed by atoms with Crippen LogP contribution in [0.2, 0.25) is 0 Å². The number of imide groups is 1. The lowest BCUT2D eigenvalue weighted by atomic mass is 10.0. The number of aromatic nitrogens is 3. The van der Waals surface area contributed by atoms with Crippen LogP contribution in [0.1, 0.15) is 44.7 Å². The molecule has 59 heavy (non-hydrogen) atoms. The minimum Gasteiger partial charge on any atom is -0.382 e. The molecule has 312 valence electrons. The van der Waals surface area contributed by atoms with Gasteiger partial charge in [0.25, 0.3) is 11.8 Å². The zero-order chi connectivity index (χ0) is 41.5. The van der Waals surface area contributed by atoms with Crippen LogP contribution in [0.25, 0.3) is 27.6 Å². The van der Waals surface area contributed by atoms with Gasteiger partial charge in [-0.15, -0.1) is 0 Å². The first-order valence-corrected chi connectivity index (χ1v) is 19.2. The maximum absolute atomic E-state index is 13.2. The number of ether oxygens (including phenoxy) is 4. The molecular weight excluding hydrogens is 775 g/mol. The molecule has 2 aliphatic heterocycles. The molecule has 1 fully saturated rings. The van der Waals surface area contributed by atoms with E-state index < -0.39 is 23.7 Å². The predicted octanol–water partition coefficient (Wildman–Crippen LogP) is 4.21. The van der Waals surface area contributed by atoms with Crippen molar-refractivity contribution >= 4 is 51.3 Å². The standard InChI is InChI=1S/C41H44F3N7O8/c1-49-24-32-30-23-26(5-10-34(30)51(37(32)48-49)28-8-6-27(7-9-28)41(42,43)44)38(53)46-14-16-57-18-20-59-22-21-58-19-17-56-15-13-45-33-4-2-3-29-31(33)25-50(40(29)55)35-11-12-36(52)47-39(35)54/h2-10,23-24,35,45H,11-22,25H2,1H3,(H,46,53)(H,47,52,54). The van der Waals surface area contributed by atoms with Crippen molar-refractivity contribution in [2.75, 3.05) is 71.3 Å². The monoisotopic (exact) mass is 819 g/mol. The number of carbonyl (C=O) groups excluding carboxylic acids is 4. The lowest BCUT2D eigenvalue weighted by Crippen LogP contribution is -2.52. The second-order valence-electron chi connectivity index (χ2n) is 14.0. The molecule has 7 rings (SSSR count). The first kappa shape index (κ1) is 41.3. The van der Waals surface area contributed by atoms with Crippen molar-refractivity contribution in [3.05, 3.63) is 89.1 Å². The van der Waals surface area contributed by atoms with E-state index in [1.807, 2.05) is 12.3 Å². The predicted molar refractivity (Wildman–Crippen MR) is 209 cm³/mol. The van der Waals surface area contributed by atoms with Crippen LogP contribution in [0, 0.1) is 0 Å². The van der Waals surface area contributed by atoms with Gasteiger partial charge in [0, 0.05) is 78.1 Å². The van der Waals surface area contributed by atoms with E-state index in [4.69, 9.17) is 18.9 Å². The molecule has 2 aliphatic rings. The molecule has 2 aromatic heterocycles. The summed E-state index contributed by atoms with van der Waals surface area (Å²) in [6.07, 6.45) is -2.12. The lowest BCUT2D eigenvalue weighted by Gasteiger charge is -2.29. The summed E-state index contributed by atoms with van der Waals surface area (Å²) in [6.45, 7) is 4.01. The van der Waals surface area contributed by atoms with Crippen LogP contribution in [-0.4, -0.2) is 115 Å². The highest BCUT2D eigenvalue weighted by molar-refractivity contribution is 6.10. The summed E-state index contributed by atoms with van der Waals surface area (Å²) in [5, 5.41) is 14.5. The van der Waals surface area contributed by atoms with E-state index in [1.165, 1.54) is 17.0 Å². The Morgan fingerprint density at radius 2 is 1.54 bits per heavy atom. The number of hydrogen-bond donors (Lipinski definition) is 3. The van der Waals surface area contributed by atoms with Gasteiger partial charge in [-0.05, 0) is 61.0 Å². The van der Waals surface area contributed by atoms with E-state index >= 15 is 0 Å². The minimum absolute atomic E-state index is 0.204. The van der Waals surface area contributed by atoms with Gasteiger partial charge in [0.2, 0.25) is 11.8 Å². The number of anilines is 1. The molecule has 0 saturated carbocycles. The van der Waals surface area contributed by atoms with Crippen LogP contribution in [-0.2, 0) is 48.3 Å². The van der Waals surface area contributed by atoms with E-state index in [0.717, 1.165) is 34.2 Å². The van der Waals surface area contributed by atoms with Gasteiger partial charge in [0.15, 0.2) is 5.65 Å². The van der Waals surface area contributed by atoms with Crippen LogP contribution >= 0.6 is 0 Å². The Balaban J connectivity index is 0.735. The van der Waals surface area contributed by atoms with E-state index in [2.05, 4.69) is 21.0 Å². The summed E-state index contributed by atoms with van der Waals surface area (Å²) in [7, 11) is 1.76. The van der Waals surface area contributed by atoms with Gasteiger partial charge < -0.3 is 34.5 Å². The van der Waals surface area contributed by atoms with Crippen molar-refractivity contribution in [2.45, 2.75) is 31.6 Å². The number of rotatable bonds is 19. The smallest absolute Gasteiger partial charge is 0.382 e. The highest BCUT2D eigenvalue weighted by atomic mass is 19.4. The van der Waals surface area contributed by atoms with Crippen LogP contribution in [0.3, 0.4) is 0 Å². The van der Waals surface area contributed by atoms with Gasteiger partial charge >= 0.3 is 6.18 Å². The molecule has 0 spiro atoms. The first-order valence-electron chi connectivity index (χ1n) is 19.2. The molecule has 1 atom stereocenters. The molecule has 0 bridgehead atoms. The molecule has 3 aromatic carbocycles. The summed E-state index contributed by atoms with van der Waals surface area (Å²) in [4.78, 5) is 51.4. The minimum atomic E-state index is -4.44. The number of nitrogens with one attached hydrogen (secondary N) is 3. The highest BCUT2D eigenvalue weighted by Gasteiger charge is 2.40. The molecule has 1 saturated heterocycles. The van der Waals surface area contributed by atoms with Gasteiger partial charge in [-0.2, -0.15) is 18.3 Å². The Bertz CT molecular complexity index is 2330. The molecule has 5 aromatic rings. The molecule has 18 heteroatoms. The van der Waals surface area contributed by atoms with E-state index in [0.29, 0.717) is 93.7 Å². The van der Waals surface area contributed by atoms with Crippen LogP contribution in [0.15, 0.2) is 66.9 Å². The summed E-state index contributed by atoms with van der Waals surface area (Å²) in [6, 6.07) is 14.8. The van der Waals surface area contributed by atoms with Crippen molar-refractivity contribution < 1.29 is 51.3 Å². The maximum Gasteiger partial charge on any atom is 0.416 e. The fourth-order valence-electron chi connectivity index (χ4n) is 7.20. The van der Waals surface area contributed by atoms with Crippen molar-refractivity contribution in [2.24, 2.45) is 7.05 Å². The average molecular weight is 820 g/mol. The number of fused-ring (bicyclic) bond motifs is 4. The Morgan fingerprint density at radius 3 is 2.22 bits per heavy atom. The third kappa shape index (κ3) is 9.57. The van der Waals surface area contributed by atoms with Crippen LogP contribution in [0.5, 0.6) is 0 Å². The van der Waals surface area contributed by atoms with Crippen molar-refractivity contribution in [3.63, 3.8) is 0 Å². The van der Waals surface area contributed by atoms with E-state index in [9.17, 15) is 32.3 Å². The Labute approximate surface area is 336 Å². The Kier molecular flexibility index (Phi) is 12.9. The van der Waals surface area contributed by atoms with Crippen molar-refractivity contribution in [3.8, 4) is 5.69 Å². The number of halogens is 3. The summed E-state index contributed by atoms with van der Waals surface area (Å²) in [5.41, 5.74) is 3.64. The van der Waals surface area contributed by atoms with Crippen LogP contribution in [0.4, 0.5) is 18.9 Å². The van der Waals surface area contributed by atoms with Crippen LogP contribution < -0.4 is 16.0 Å². The number of carbonyl (C=O) groups is 4. The maximum atomic E-state index is 13.2. The normalized spacial score (nSPS) is 15.6. The number of benzene rings is 3. The first-order chi connectivity index (χ1) is 28.5. The second-order valence-corrected chi connectivity index (χ2v) is 14.0. The van der Waals surface area contributed by atoms with Gasteiger partial charge in [-0.1, -0.05) is 6.07 Å². The molecule has 1 unspecified atom stereocenters. The largest absolute Gasteiger partial charge is 0.416 e. The lowest BCUT2D eigenvalue weighted by molar-refractivity contribution is -0.138. The van der Waals surface area contributed by atoms with Gasteiger partial charge in [-0.3, -0.25) is 33.7 Å². The number of amides is 4. The van der Waals surface area contributed by atoms with E-state index in [-0.39, 0.29) is 37.3 Å². The molecule has 4 amide bonds. The average Bonchev–Trinajstić information content (AvgIpc) is 3.85. The third-order valence-electron chi connectivity index (χ3n) is 10.1. The van der Waals surface area contributed by atoms with Gasteiger partial charge in [0.1, 0.15) is 6.04 Å². The third-order valence-corrected chi connectivity index (χ3v) is 10.1. The zero-order valence-corrected chi connectivity index (χ0v) is 32.3. The number of piperidine rings is 1. The number of nitrogens with zero attached hydrogens (tertiary/aromatic N) is 4. The molecule has 4 heterocycles. The number of hydrogen-bond acceptors (Lipinski definition) is 10. The molecular formula is C41H44F3N7O8. The van der Waals surface area contributed by atoms with Crippen molar-refractivity contribution in [1.29, 1.82) is 0 Å². The van der Waals surface area contributed by atoms with Gasteiger partial charge in [-0.25, -0.2) is 0 Å². The van der Waals surface area contributed by atoms with Gasteiger partial charge in [0.05, 0.1) is 63.9 Å². The SMILES string of the molecule is Cn1cc2c3cc(C(=O)NCCOCCOCCOCCOCCNc4cccc5c4CN(C4CCC(=O)NC4=O)C5=O)ccc3n(-c3ccc(C(F)(F)F)cc3)c2n1. The molecule has 15 nitrogen and oxygen atoms in total. The number of aryl methyl sites for hydroxylation is 1. The Hall–Kier alpha value is -5.82. The fourth-order valence-corrected chi connectivity index (χ4v) is 7.20. The topological polar surface area (TPSA) is 167 Å². The highest BCUT2D eigenvalue weighted by Crippen LogP contribution is 2.35.